The van der Waals surface area contributed by atoms with Crippen molar-refractivity contribution in [3.8, 4) is 0 Å². The Morgan fingerprint density at radius 1 is 0.462 bits per heavy atom. The monoisotopic (exact) mass is 738 g/mol. The molecule has 1 aliphatic heterocycles. The van der Waals surface area contributed by atoms with Gasteiger partial charge in [-0.1, -0.05) is 95.9 Å². The van der Waals surface area contributed by atoms with Crippen molar-refractivity contribution in [2.24, 2.45) is 0 Å². The number of hydrogen-bond donors (Lipinski definition) is 0. The lowest BCUT2D eigenvalue weighted by Crippen LogP contribution is -2.74. The summed E-state index contributed by atoms with van der Waals surface area (Å²) in [6, 6.07) is 23.4. The minimum absolute atomic E-state index is 0.160. The molecule has 12 heteroatoms. The summed E-state index contributed by atoms with van der Waals surface area (Å²) >= 11 is 0. The maximum absolute atomic E-state index is 16.8. The zero-order valence-corrected chi connectivity index (χ0v) is 27.9. The molecule has 0 spiro atoms. The smallest absolute Gasteiger partial charge is 0.207 e. The van der Waals surface area contributed by atoms with E-state index >= 15 is 35.1 Å². The molecule has 0 amide bonds. The van der Waals surface area contributed by atoms with Crippen LogP contribution in [0, 0.1) is 58.2 Å². The first-order chi connectivity index (χ1) is 25.0. The van der Waals surface area contributed by atoms with Gasteiger partial charge in [0.25, 0.3) is 5.87 Å². The first kappa shape index (κ1) is 35.5. The third-order valence-corrected chi connectivity index (χ3v) is 15.6. The molecule has 0 bridgehead atoms. The molecule has 264 valence electrons. The average molecular weight is 738 g/mol. The van der Waals surface area contributed by atoms with E-state index in [4.69, 9.17) is 0 Å². The lowest BCUT2D eigenvalue weighted by molar-refractivity contribution is 0.382. The molecular weight excluding hydrogens is 712 g/mol. The van der Waals surface area contributed by atoms with Crippen LogP contribution in [0.25, 0.3) is 6.08 Å². The van der Waals surface area contributed by atoms with Crippen molar-refractivity contribution in [1.29, 1.82) is 0 Å². The van der Waals surface area contributed by atoms with Gasteiger partial charge in [-0.05, 0) is 68.2 Å². The highest BCUT2D eigenvalue weighted by atomic mass is 31.2. The van der Waals surface area contributed by atoms with Crippen LogP contribution in [-0.2, 0) is 0 Å². The van der Waals surface area contributed by atoms with E-state index in [1.807, 2.05) is 6.08 Å². The van der Waals surface area contributed by atoms with Crippen molar-refractivity contribution in [2.45, 2.75) is 25.7 Å². The molecule has 52 heavy (non-hydrogen) atoms. The Morgan fingerprint density at radius 3 is 1.27 bits per heavy atom. The number of rotatable bonds is 7. The van der Waals surface area contributed by atoms with Crippen LogP contribution in [0.15, 0.2) is 120 Å². The van der Waals surface area contributed by atoms with Crippen LogP contribution in [-0.4, -0.2) is 5.87 Å². The first-order valence-corrected chi connectivity index (χ1v) is 18.2. The third-order valence-electron chi connectivity index (χ3n) is 10.2. The molecule has 0 aromatic heterocycles. The fraction of sp³-hybridized carbons (Fsp3) is 0.100. The maximum atomic E-state index is 16.8. The van der Waals surface area contributed by atoms with Gasteiger partial charge in [0, 0.05) is 5.31 Å². The van der Waals surface area contributed by atoms with Crippen molar-refractivity contribution < 1.29 is 43.9 Å². The quantitative estimate of drug-likeness (QED) is 0.0513. The van der Waals surface area contributed by atoms with Gasteiger partial charge in [0.15, 0.2) is 34.9 Å². The largest absolute Gasteiger partial charge is 0.277 e. The molecule has 0 unspecified atom stereocenters. The Kier molecular flexibility index (Phi) is 9.28. The van der Waals surface area contributed by atoms with Crippen LogP contribution in [0.3, 0.4) is 0 Å². The van der Waals surface area contributed by atoms with E-state index in [1.165, 1.54) is 60.7 Å². The number of benzene rings is 5. The van der Waals surface area contributed by atoms with Crippen LogP contribution < -0.4 is 21.5 Å². The summed E-state index contributed by atoms with van der Waals surface area (Å²) in [5, 5.41) is 0.615. The predicted molar refractivity (Wildman–Crippen MR) is 186 cm³/mol. The predicted octanol–water partition coefficient (Wildman–Crippen LogP) is 9.83. The second kappa shape index (κ2) is 13.6. The van der Waals surface area contributed by atoms with Crippen molar-refractivity contribution in [2.75, 3.05) is 0 Å². The minimum atomic E-state index is -4.37. The SMILES string of the molecule is Fc1c(F)c(F)c([B-]2(c3c(F)c(F)c(F)c(F)c3F)C(/C=C/c3ccccc3)=C(C3=CCCCC3)[P+]2(c2ccccc2)c2ccccc2)c(F)c1F. The van der Waals surface area contributed by atoms with Crippen molar-refractivity contribution >= 4 is 40.6 Å². The maximum Gasteiger partial charge on any atom is 0.277 e. The Bertz CT molecular complexity index is 2140. The van der Waals surface area contributed by atoms with Gasteiger partial charge in [-0.3, -0.25) is 0 Å². The molecular formula is C40H26BF10P. The van der Waals surface area contributed by atoms with Gasteiger partial charge < -0.3 is 0 Å². The van der Waals surface area contributed by atoms with Gasteiger partial charge in [-0.15, -0.1) is 5.47 Å². The molecule has 0 nitrogen and oxygen atoms in total. The summed E-state index contributed by atoms with van der Waals surface area (Å²) in [7, 11) is -4.28. The van der Waals surface area contributed by atoms with Crippen LogP contribution in [0.5, 0.6) is 0 Å². The number of hydrogen-bond acceptors (Lipinski definition) is 0. The van der Waals surface area contributed by atoms with E-state index < -0.39 is 82.1 Å². The van der Waals surface area contributed by atoms with Crippen molar-refractivity contribution in [1.82, 2.24) is 0 Å². The molecule has 2 aliphatic rings. The highest BCUT2D eigenvalue weighted by molar-refractivity contribution is 8.26. The van der Waals surface area contributed by atoms with Gasteiger partial charge in [-0.2, -0.15) is 0 Å². The zero-order chi connectivity index (χ0) is 36.9. The lowest BCUT2D eigenvalue weighted by atomic mass is 9.32. The van der Waals surface area contributed by atoms with Crippen LogP contribution in [0.2, 0.25) is 0 Å². The van der Waals surface area contributed by atoms with E-state index in [2.05, 4.69) is 0 Å². The summed E-state index contributed by atoms with van der Waals surface area (Å²) in [6.07, 6.45) is 6.73. The molecule has 0 atom stereocenters. The average Bonchev–Trinajstić information content (AvgIpc) is 3.18. The number of halogens is 10. The standard InChI is InChI=1S/C40H26BF10P/c42-30-28(31(43)35(47)38(50)34(30)46)41(29-32(44)36(48)39(51)37(49)33(29)45)27(22-21-23-13-5-1-6-14-23)40(24-15-7-2-8-16-24)52(41,25-17-9-3-10-18-25)26-19-11-4-12-20-26/h1,3-6,9-15,17-22H,2,7-8,16H2/b22-21+. The fourth-order valence-corrected chi connectivity index (χ4v) is 14.5. The van der Waals surface area contributed by atoms with E-state index in [-0.39, 0.29) is 16.1 Å². The molecule has 7 rings (SSSR count). The Balaban J connectivity index is 1.85. The van der Waals surface area contributed by atoms with Crippen molar-refractivity contribution in [3.05, 3.63) is 183 Å². The van der Waals surface area contributed by atoms with Crippen molar-refractivity contribution in [3.63, 3.8) is 0 Å². The van der Waals surface area contributed by atoms with Gasteiger partial charge in [0.05, 0.1) is 10.6 Å². The van der Waals surface area contributed by atoms with Crippen LogP contribution in [0.1, 0.15) is 31.2 Å². The van der Waals surface area contributed by atoms with Gasteiger partial charge in [0.1, 0.15) is 23.3 Å². The molecule has 0 saturated carbocycles. The Labute approximate surface area is 293 Å². The Morgan fingerprint density at radius 2 is 0.865 bits per heavy atom. The molecule has 5 aromatic rings. The molecule has 1 heterocycles. The molecule has 0 radical (unpaired) electrons. The molecule has 0 fully saturated rings. The topological polar surface area (TPSA) is 0 Å². The molecule has 0 N–H and O–H groups in total. The van der Waals surface area contributed by atoms with E-state index in [0.717, 1.165) is 6.42 Å². The highest BCUT2D eigenvalue weighted by Gasteiger charge is 2.73. The second-order valence-electron chi connectivity index (χ2n) is 12.7. The fourth-order valence-electron chi connectivity index (χ4n) is 8.17. The minimum Gasteiger partial charge on any atom is -0.207 e. The Hall–Kier alpha value is -4.89. The molecule has 5 aromatic carbocycles. The molecule has 0 saturated heterocycles. The normalized spacial score (nSPS) is 16.6. The van der Waals surface area contributed by atoms with E-state index in [9.17, 15) is 8.78 Å². The highest BCUT2D eigenvalue weighted by Crippen LogP contribution is 2.82. The summed E-state index contributed by atoms with van der Waals surface area (Å²) in [5.74, 6) is -29.0. The second-order valence-corrected chi connectivity index (χ2v) is 16.4. The first-order valence-electron chi connectivity index (χ1n) is 16.4. The van der Waals surface area contributed by atoms with Crippen LogP contribution >= 0.6 is 7.14 Å². The van der Waals surface area contributed by atoms with E-state index in [0.29, 0.717) is 35.7 Å². The summed E-state index contributed by atoms with van der Waals surface area (Å²) < 4.78 is 159. The zero-order valence-electron chi connectivity index (χ0n) is 27.0. The van der Waals surface area contributed by atoms with Gasteiger partial charge in [0.2, 0.25) is 0 Å². The molecule has 1 aliphatic carbocycles. The lowest BCUT2D eigenvalue weighted by Gasteiger charge is -2.62. The third kappa shape index (κ3) is 4.95. The number of allylic oxidation sites excluding steroid dienone is 5. The van der Waals surface area contributed by atoms with Gasteiger partial charge >= 0.3 is 0 Å². The van der Waals surface area contributed by atoms with Crippen LogP contribution in [0.4, 0.5) is 43.9 Å². The summed E-state index contributed by atoms with van der Waals surface area (Å²) in [4.78, 5) is 0. The summed E-state index contributed by atoms with van der Waals surface area (Å²) in [5.41, 5.74) is -2.63. The summed E-state index contributed by atoms with van der Waals surface area (Å²) in [6.45, 7) is 0. The van der Waals surface area contributed by atoms with E-state index in [1.54, 1.807) is 42.5 Å². The van der Waals surface area contributed by atoms with Gasteiger partial charge in [-0.25, -0.2) is 43.9 Å².